The number of hydrogen-bond acceptors (Lipinski definition) is 3. The zero-order valence-electron chi connectivity index (χ0n) is 14.9. The average Bonchev–Trinajstić information content (AvgIpc) is 2.68. The highest BCUT2D eigenvalue weighted by atomic mass is 19.1. The van der Waals surface area contributed by atoms with E-state index in [1.54, 1.807) is 30.3 Å². The van der Waals surface area contributed by atoms with Gasteiger partial charge in [-0.1, -0.05) is 30.3 Å². The molecule has 27 heavy (non-hydrogen) atoms. The van der Waals surface area contributed by atoms with Gasteiger partial charge in [-0.2, -0.15) is 0 Å². The van der Waals surface area contributed by atoms with Gasteiger partial charge in [0, 0.05) is 12.2 Å². The average molecular weight is 365 g/mol. The first kappa shape index (κ1) is 18.5. The number of carboxylic acid groups (broad SMARTS) is 1. The van der Waals surface area contributed by atoms with Gasteiger partial charge in [0.2, 0.25) is 0 Å². The lowest BCUT2D eigenvalue weighted by molar-refractivity contribution is 0.0697. The monoisotopic (exact) mass is 365 g/mol. The van der Waals surface area contributed by atoms with E-state index in [1.807, 2.05) is 37.3 Å². The minimum atomic E-state index is -0.949. The Morgan fingerprint density at radius 1 is 1.07 bits per heavy atom. The highest BCUT2D eigenvalue weighted by molar-refractivity contribution is 5.88. The van der Waals surface area contributed by atoms with Gasteiger partial charge in [0.1, 0.15) is 17.7 Å². The summed E-state index contributed by atoms with van der Waals surface area (Å²) in [5.74, 6) is -0.490. The molecule has 1 atom stereocenters. The smallest absolute Gasteiger partial charge is 0.335 e. The van der Waals surface area contributed by atoms with E-state index in [1.165, 1.54) is 12.1 Å². The minimum Gasteiger partial charge on any atom is -0.486 e. The minimum absolute atomic E-state index is 0.187. The molecule has 0 spiro atoms. The van der Waals surface area contributed by atoms with Crippen molar-refractivity contribution in [2.45, 2.75) is 19.6 Å². The van der Waals surface area contributed by atoms with Crippen molar-refractivity contribution >= 4 is 11.7 Å². The third kappa shape index (κ3) is 5.07. The molecule has 4 nitrogen and oxygen atoms in total. The molecule has 5 heteroatoms. The van der Waals surface area contributed by atoms with Crippen LogP contribution in [0.3, 0.4) is 0 Å². The fourth-order valence-electron chi connectivity index (χ4n) is 2.66. The van der Waals surface area contributed by atoms with E-state index in [4.69, 9.17) is 9.84 Å². The van der Waals surface area contributed by atoms with Crippen LogP contribution in [0.1, 0.15) is 34.5 Å². The lowest BCUT2D eigenvalue weighted by Crippen LogP contribution is -2.04. The number of nitrogens with one attached hydrogen (secondary N) is 1. The van der Waals surface area contributed by atoms with Gasteiger partial charge in [0.05, 0.1) is 5.56 Å². The van der Waals surface area contributed by atoms with E-state index < -0.39 is 5.97 Å². The summed E-state index contributed by atoms with van der Waals surface area (Å²) in [6.45, 7) is 2.48. The predicted molar refractivity (Wildman–Crippen MR) is 103 cm³/mol. The van der Waals surface area contributed by atoms with E-state index in [2.05, 4.69) is 5.32 Å². The third-order valence-electron chi connectivity index (χ3n) is 4.18. The van der Waals surface area contributed by atoms with Crippen LogP contribution < -0.4 is 10.1 Å². The van der Waals surface area contributed by atoms with Gasteiger partial charge in [-0.15, -0.1) is 0 Å². The number of anilines is 1. The SMILES string of the molecule is C[C@H](Oc1ccc(CNc2cccc(C(=O)O)c2)cc1)c1ccc(F)cc1. The van der Waals surface area contributed by atoms with Gasteiger partial charge in [-0.3, -0.25) is 0 Å². The highest BCUT2D eigenvalue weighted by Gasteiger charge is 2.08. The molecule has 0 fully saturated rings. The standard InChI is InChI=1S/C22H20FNO3/c1-15(17-7-9-19(23)10-8-17)27-21-11-5-16(6-12-21)14-24-20-4-2-3-18(13-20)22(25)26/h2-13,15,24H,14H2,1H3,(H,25,26)/t15-/m0/s1. The van der Waals surface area contributed by atoms with Gasteiger partial charge >= 0.3 is 5.97 Å². The van der Waals surface area contributed by atoms with Gasteiger partial charge in [-0.25, -0.2) is 9.18 Å². The Hall–Kier alpha value is -3.34. The normalized spacial score (nSPS) is 11.6. The number of halogens is 1. The first-order chi connectivity index (χ1) is 13.0. The molecule has 0 saturated heterocycles. The number of rotatable bonds is 7. The molecule has 0 bridgehead atoms. The van der Waals surface area contributed by atoms with E-state index in [0.29, 0.717) is 6.54 Å². The maximum absolute atomic E-state index is 13.0. The molecule has 3 rings (SSSR count). The zero-order valence-corrected chi connectivity index (χ0v) is 14.9. The van der Waals surface area contributed by atoms with Crippen LogP contribution in [0.15, 0.2) is 72.8 Å². The van der Waals surface area contributed by atoms with Crippen molar-refractivity contribution in [1.82, 2.24) is 0 Å². The van der Waals surface area contributed by atoms with Crippen LogP contribution in [-0.4, -0.2) is 11.1 Å². The topological polar surface area (TPSA) is 58.6 Å². The second-order valence-corrected chi connectivity index (χ2v) is 6.20. The number of carbonyl (C=O) groups is 1. The summed E-state index contributed by atoms with van der Waals surface area (Å²) in [6.07, 6.45) is -0.187. The van der Waals surface area contributed by atoms with Gasteiger partial charge in [0.15, 0.2) is 0 Å². The fraction of sp³-hybridized carbons (Fsp3) is 0.136. The molecular weight excluding hydrogens is 345 g/mol. The van der Waals surface area contributed by atoms with Crippen molar-refractivity contribution in [1.29, 1.82) is 0 Å². The second-order valence-electron chi connectivity index (χ2n) is 6.20. The number of hydrogen-bond donors (Lipinski definition) is 2. The molecular formula is C22H20FNO3. The highest BCUT2D eigenvalue weighted by Crippen LogP contribution is 2.22. The molecule has 0 aliphatic heterocycles. The summed E-state index contributed by atoms with van der Waals surface area (Å²) in [7, 11) is 0. The zero-order chi connectivity index (χ0) is 19.2. The van der Waals surface area contributed by atoms with E-state index >= 15 is 0 Å². The van der Waals surface area contributed by atoms with Gasteiger partial charge in [0.25, 0.3) is 0 Å². The largest absolute Gasteiger partial charge is 0.486 e. The molecule has 0 heterocycles. The van der Waals surface area contributed by atoms with Crippen LogP contribution in [-0.2, 0) is 6.54 Å². The van der Waals surface area contributed by atoms with Crippen LogP contribution in [0.5, 0.6) is 5.75 Å². The molecule has 0 unspecified atom stereocenters. The molecule has 138 valence electrons. The third-order valence-corrected chi connectivity index (χ3v) is 4.18. The quantitative estimate of drug-likeness (QED) is 0.598. The van der Waals surface area contributed by atoms with Crippen molar-refractivity contribution in [2.75, 3.05) is 5.32 Å². The number of carboxylic acids is 1. The Balaban J connectivity index is 1.58. The summed E-state index contributed by atoms with van der Waals surface area (Å²) >= 11 is 0. The van der Waals surface area contributed by atoms with E-state index in [-0.39, 0.29) is 17.5 Å². The summed E-state index contributed by atoms with van der Waals surface area (Å²) in [5.41, 5.74) is 2.94. The maximum atomic E-state index is 13.0. The van der Waals surface area contributed by atoms with Crippen LogP contribution >= 0.6 is 0 Å². The maximum Gasteiger partial charge on any atom is 0.335 e. The molecule has 2 N–H and O–H groups in total. The number of aromatic carboxylic acids is 1. The fourth-order valence-corrected chi connectivity index (χ4v) is 2.66. The Morgan fingerprint density at radius 2 is 1.78 bits per heavy atom. The number of benzene rings is 3. The first-order valence-corrected chi connectivity index (χ1v) is 8.59. The Morgan fingerprint density at radius 3 is 2.44 bits per heavy atom. The Labute approximate surface area is 157 Å². The predicted octanol–water partition coefficient (Wildman–Crippen LogP) is 5.28. The molecule has 3 aromatic carbocycles. The second kappa shape index (κ2) is 8.36. The summed E-state index contributed by atoms with van der Waals surface area (Å²) in [4.78, 5) is 11.0. The van der Waals surface area contributed by atoms with Crippen LogP contribution in [0.2, 0.25) is 0 Å². The Kier molecular flexibility index (Phi) is 5.71. The molecule has 0 aliphatic rings. The van der Waals surface area contributed by atoms with Gasteiger partial charge < -0.3 is 15.2 Å². The van der Waals surface area contributed by atoms with Crippen LogP contribution in [0.4, 0.5) is 10.1 Å². The Bertz CT molecular complexity index is 908. The van der Waals surface area contributed by atoms with E-state index in [9.17, 15) is 9.18 Å². The molecule has 0 aliphatic carbocycles. The number of ether oxygens (including phenoxy) is 1. The van der Waals surface area contributed by atoms with E-state index in [0.717, 1.165) is 22.6 Å². The van der Waals surface area contributed by atoms with Crippen molar-refractivity contribution < 1.29 is 19.0 Å². The lowest BCUT2D eigenvalue weighted by Gasteiger charge is -2.15. The summed E-state index contributed by atoms with van der Waals surface area (Å²) < 4.78 is 18.9. The molecule has 0 radical (unpaired) electrons. The first-order valence-electron chi connectivity index (χ1n) is 8.59. The van der Waals surface area contributed by atoms with Gasteiger partial charge in [-0.05, 0) is 60.5 Å². The van der Waals surface area contributed by atoms with Crippen molar-refractivity contribution in [2.24, 2.45) is 0 Å². The van der Waals surface area contributed by atoms with Crippen molar-refractivity contribution in [3.05, 3.63) is 95.3 Å². The summed E-state index contributed by atoms with van der Waals surface area (Å²) in [5, 5.41) is 12.2. The summed E-state index contributed by atoms with van der Waals surface area (Å²) in [6, 6.07) is 20.6. The van der Waals surface area contributed by atoms with Crippen LogP contribution in [0.25, 0.3) is 0 Å². The van der Waals surface area contributed by atoms with Crippen LogP contribution in [0, 0.1) is 5.82 Å². The van der Waals surface area contributed by atoms with Crippen molar-refractivity contribution in [3.63, 3.8) is 0 Å². The molecule has 0 amide bonds. The molecule has 3 aromatic rings. The lowest BCUT2D eigenvalue weighted by atomic mass is 10.1. The van der Waals surface area contributed by atoms with Crippen molar-refractivity contribution in [3.8, 4) is 5.75 Å². The molecule has 0 saturated carbocycles. The molecule has 0 aromatic heterocycles.